The number of fused-ring (bicyclic) bond motifs is 2. The minimum Gasteiger partial charge on any atom is -0.459 e. The zero-order chi connectivity index (χ0) is 15.9. The number of hydrogen-bond acceptors (Lipinski definition) is 3. The number of carbonyl (C=O) groups excluding carboxylic acids is 1. The van der Waals surface area contributed by atoms with Gasteiger partial charge in [0.2, 0.25) is 0 Å². The lowest BCUT2D eigenvalue weighted by atomic mass is 9.87. The van der Waals surface area contributed by atoms with Crippen LogP contribution in [0, 0.1) is 0 Å². The SMILES string of the molecule is CN1[C@@H]2CC[C@H]1CC(OC(=O)c1ccc(C(C)(C)C)cc1)C2. The van der Waals surface area contributed by atoms with Crippen LogP contribution in [0.1, 0.15) is 62.4 Å². The number of nitrogens with zero attached hydrogens (tertiary/aromatic N) is 1. The number of hydrogen-bond donors (Lipinski definition) is 0. The molecular weight excluding hydrogens is 274 g/mol. The van der Waals surface area contributed by atoms with Gasteiger partial charge in [0.1, 0.15) is 6.10 Å². The Bertz CT molecular complexity index is 530. The Morgan fingerprint density at radius 3 is 2.14 bits per heavy atom. The third kappa shape index (κ3) is 3.05. The van der Waals surface area contributed by atoms with Crippen molar-refractivity contribution in [1.82, 2.24) is 4.90 Å². The zero-order valence-electron chi connectivity index (χ0n) is 14.1. The van der Waals surface area contributed by atoms with Crippen LogP contribution in [-0.2, 0) is 10.2 Å². The topological polar surface area (TPSA) is 29.5 Å². The van der Waals surface area contributed by atoms with Crippen LogP contribution in [0.25, 0.3) is 0 Å². The number of carbonyl (C=O) groups is 1. The van der Waals surface area contributed by atoms with Crippen LogP contribution in [0.4, 0.5) is 0 Å². The Balaban J connectivity index is 1.63. The van der Waals surface area contributed by atoms with Crippen molar-refractivity contribution < 1.29 is 9.53 Å². The van der Waals surface area contributed by atoms with Gasteiger partial charge in [-0.3, -0.25) is 0 Å². The molecule has 3 heteroatoms. The Hall–Kier alpha value is -1.35. The van der Waals surface area contributed by atoms with Crippen molar-refractivity contribution in [2.75, 3.05) is 7.05 Å². The van der Waals surface area contributed by atoms with Crippen molar-refractivity contribution in [3.63, 3.8) is 0 Å². The third-order valence-corrected chi connectivity index (χ3v) is 5.32. The molecule has 0 amide bonds. The van der Waals surface area contributed by atoms with Crippen molar-refractivity contribution in [1.29, 1.82) is 0 Å². The molecule has 22 heavy (non-hydrogen) atoms. The van der Waals surface area contributed by atoms with Gasteiger partial charge in [-0.2, -0.15) is 0 Å². The van der Waals surface area contributed by atoms with E-state index in [0.717, 1.165) is 12.8 Å². The molecule has 0 N–H and O–H groups in total. The Morgan fingerprint density at radius 1 is 1.09 bits per heavy atom. The molecule has 1 unspecified atom stereocenters. The van der Waals surface area contributed by atoms with Gasteiger partial charge in [0.25, 0.3) is 0 Å². The molecule has 0 aromatic heterocycles. The van der Waals surface area contributed by atoms with E-state index >= 15 is 0 Å². The van der Waals surface area contributed by atoms with Crippen LogP contribution in [0.3, 0.4) is 0 Å². The predicted octanol–water partition coefficient (Wildman–Crippen LogP) is 3.77. The van der Waals surface area contributed by atoms with E-state index in [1.165, 1.54) is 18.4 Å². The summed E-state index contributed by atoms with van der Waals surface area (Å²) in [5.74, 6) is -0.172. The fourth-order valence-electron chi connectivity index (χ4n) is 3.78. The second kappa shape index (κ2) is 5.69. The molecule has 0 spiro atoms. The summed E-state index contributed by atoms with van der Waals surface area (Å²) >= 11 is 0. The molecule has 3 nitrogen and oxygen atoms in total. The van der Waals surface area contributed by atoms with E-state index in [1.54, 1.807) is 0 Å². The van der Waals surface area contributed by atoms with Gasteiger partial charge in [0, 0.05) is 24.9 Å². The van der Waals surface area contributed by atoms with Gasteiger partial charge < -0.3 is 9.64 Å². The Kier molecular flexibility index (Phi) is 4.02. The molecule has 1 aromatic rings. The lowest BCUT2D eigenvalue weighted by Gasteiger charge is -2.35. The summed E-state index contributed by atoms with van der Waals surface area (Å²) in [5, 5.41) is 0. The predicted molar refractivity (Wildman–Crippen MR) is 88.2 cm³/mol. The van der Waals surface area contributed by atoms with E-state index in [0.29, 0.717) is 17.6 Å². The maximum absolute atomic E-state index is 12.4. The lowest BCUT2D eigenvalue weighted by molar-refractivity contribution is -0.000453. The van der Waals surface area contributed by atoms with Gasteiger partial charge in [-0.05, 0) is 43.0 Å². The van der Waals surface area contributed by atoms with Gasteiger partial charge >= 0.3 is 5.97 Å². The molecule has 0 aliphatic carbocycles. The van der Waals surface area contributed by atoms with E-state index in [-0.39, 0.29) is 17.5 Å². The summed E-state index contributed by atoms with van der Waals surface area (Å²) in [7, 11) is 2.20. The summed E-state index contributed by atoms with van der Waals surface area (Å²) < 4.78 is 5.77. The number of piperidine rings is 1. The molecule has 2 heterocycles. The van der Waals surface area contributed by atoms with Crippen molar-refractivity contribution >= 4 is 5.97 Å². The third-order valence-electron chi connectivity index (χ3n) is 5.32. The number of esters is 1. The van der Waals surface area contributed by atoms with Crippen molar-refractivity contribution in [2.24, 2.45) is 0 Å². The molecule has 3 atom stereocenters. The zero-order valence-corrected chi connectivity index (χ0v) is 14.1. The first-order valence-corrected chi connectivity index (χ1v) is 8.38. The quantitative estimate of drug-likeness (QED) is 0.779. The minimum absolute atomic E-state index is 0.0866. The van der Waals surface area contributed by atoms with Crippen LogP contribution < -0.4 is 0 Å². The Labute approximate surface area is 133 Å². The molecular formula is C19H27NO2. The highest BCUT2D eigenvalue weighted by Gasteiger charge is 2.39. The summed E-state index contributed by atoms with van der Waals surface area (Å²) in [6.07, 6.45) is 4.55. The average Bonchev–Trinajstić information content (AvgIpc) is 2.69. The molecule has 2 bridgehead atoms. The van der Waals surface area contributed by atoms with Gasteiger partial charge in [-0.1, -0.05) is 32.9 Å². The second-order valence-corrected chi connectivity index (χ2v) is 7.88. The second-order valence-electron chi connectivity index (χ2n) is 7.88. The molecule has 2 saturated heterocycles. The minimum atomic E-state index is -0.172. The molecule has 0 radical (unpaired) electrons. The van der Waals surface area contributed by atoms with Gasteiger partial charge in [0.05, 0.1) is 5.56 Å². The summed E-state index contributed by atoms with van der Waals surface area (Å²) in [6, 6.07) is 9.06. The smallest absolute Gasteiger partial charge is 0.338 e. The normalized spacial score (nSPS) is 28.6. The number of ether oxygens (including phenoxy) is 1. The maximum Gasteiger partial charge on any atom is 0.338 e. The summed E-state index contributed by atoms with van der Waals surface area (Å²) in [6.45, 7) is 6.53. The standard InChI is InChI=1S/C19H27NO2/c1-19(2,3)14-7-5-13(6-8-14)18(21)22-17-11-15-9-10-16(12-17)20(15)4/h5-8,15-17H,9-12H2,1-4H3/t15-,16+,17?. The Morgan fingerprint density at radius 2 is 1.64 bits per heavy atom. The van der Waals surface area contributed by atoms with Gasteiger partial charge in [0.15, 0.2) is 0 Å². The molecule has 2 aliphatic rings. The largest absolute Gasteiger partial charge is 0.459 e. The number of benzene rings is 1. The molecule has 1 aromatic carbocycles. The molecule has 0 saturated carbocycles. The fourth-order valence-corrected chi connectivity index (χ4v) is 3.78. The lowest BCUT2D eigenvalue weighted by Crippen LogP contribution is -2.43. The van der Waals surface area contributed by atoms with Crippen LogP contribution in [0.5, 0.6) is 0 Å². The van der Waals surface area contributed by atoms with Crippen molar-refractivity contribution in [3.8, 4) is 0 Å². The van der Waals surface area contributed by atoms with Crippen LogP contribution in [0.15, 0.2) is 24.3 Å². The molecule has 3 rings (SSSR count). The molecule has 2 fully saturated rings. The van der Waals surface area contributed by atoms with E-state index in [1.807, 2.05) is 24.3 Å². The maximum atomic E-state index is 12.4. The van der Waals surface area contributed by atoms with Crippen LogP contribution in [-0.4, -0.2) is 36.1 Å². The first kappa shape index (κ1) is 15.5. The van der Waals surface area contributed by atoms with Crippen LogP contribution >= 0.6 is 0 Å². The number of rotatable bonds is 2. The van der Waals surface area contributed by atoms with Gasteiger partial charge in [-0.25, -0.2) is 4.79 Å². The monoisotopic (exact) mass is 301 g/mol. The highest BCUT2D eigenvalue weighted by atomic mass is 16.5. The average molecular weight is 301 g/mol. The van der Waals surface area contributed by atoms with E-state index in [4.69, 9.17) is 4.74 Å². The van der Waals surface area contributed by atoms with Crippen molar-refractivity contribution in [3.05, 3.63) is 35.4 Å². The summed E-state index contributed by atoms with van der Waals surface area (Å²) in [4.78, 5) is 14.8. The van der Waals surface area contributed by atoms with E-state index in [9.17, 15) is 4.79 Å². The fraction of sp³-hybridized carbons (Fsp3) is 0.632. The van der Waals surface area contributed by atoms with Crippen LogP contribution in [0.2, 0.25) is 0 Å². The highest BCUT2D eigenvalue weighted by Crippen LogP contribution is 2.35. The van der Waals surface area contributed by atoms with Gasteiger partial charge in [-0.15, -0.1) is 0 Å². The van der Waals surface area contributed by atoms with E-state index < -0.39 is 0 Å². The first-order chi connectivity index (χ1) is 10.3. The van der Waals surface area contributed by atoms with E-state index in [2.05, 4.69) is 32.7 Å². The van der Waals surface area contributed by atoms with Crippen molar-refractivity contribution in [2.45, 2.75) is 70.1 Å². The first-order valence-electron chi connectivity index (χ1n) is 8.38. The highest BCUT2D eigenvalue weighted by molar-refractivity contribution is 5.89. The summed E-state index contributed by atoms with van der Waals surface area (Å²) in [5.41, 5.74) is 2.01. The molecule has 120 valence electrons. The molecule has 2 aliphatic heterocycles.